The van der Waals surface area contributed by atoms with Crippen LogP contribution < -0.4 is 9.64 Å². The highest BCUT2D eigenvalue weighted by Gasteiger charge is 2.28. The van der Waals surface area contributed by atoms with Crippen molar-refractivity contribution in [3.63, 3.8) is 0 Å². The molecule has 1 amide bonds. The number of hydrogen-bond donors (Lipinski definition) is 0. The number of thiocyanates is 1. The third-order valence-electron chi connectivity index (χ3n) is 2.94. The van der Waals surface area contributed by atoms with Gasteiger partial charge in [-0.1, -0.05) is 24.3 Å². The number of anilines is 2. The van der Waals surface area contributed by atoms with Crippen LogP contribution in [0.3, 0.4) is 0 Å². The highest BCUT2D eigenvalue weighted by atomic mass is 32.2. The molecule has 1 heterocycles. The second-order valence-corrected chi connectivity index (χ2v) is 4.91. The van der Waals surface area contributed by atoms with Gasteiger partial charge < -0.3 is 4.74 Å². The van der Waals surface area contributed by atoms with Crippen molar-refractivity contribution in [3.05, 3.63) is 48.5 Å². The third kappa shape index (κ3) is 2.10. The summed E-state index contributed by atoms with van der Waals surface area (Å²) in [5.74, 6) is 1.25. The van der Waals surface area contributed by atoms with Gasteiger partial charge in [0.2, 0.25) is 5.91 Å². The SMILES string of the molecule is N#CSCC(=O)N1c2ccccc2Oc2ccccc21. The van der Waals surface area contributed by atoms with E-state index in [0.717, 1.165) is 11.8 Å². The van der Waals surface area contributed by atoms with E-state index in [0.29, 0.717) is 22.9 Å². The summed E-state index contributed by atoms with van der Waals surface area (Å²) in [6, 6.07) is 14.7. The molecule has 2 aromatic rings. The quantitative estimate of drug-likeness (QED) is 0.789. The lowest BCUT2D eigenvalue weighted by molar-refractivity contribution is -0.115. The van der Waals surface area contributed by atoms with E-state index in [-0.39, 0.29) is 11.7 Å². The van der Waals surface area contributed by atoms with Crippen LogP contribution in [-0.2, 0) is 4.79 Å². The number of carbonyl (C=O) groups is 1. The molecule has 4 nitrogen and oxygen atoms in total. The van der Waals surface area contributed by atoms with Crippen LogP contribution in [0.25, 0.3) is 0 Å². The molecule has 0 aromatic heterocycles. The lowest BCUT2D eigenvalue weighted by Gasteiger charge is -2.30. The maximum absolute atomic E-state index is 12.4. The number of thioether (sulfide) groups is 1. The van der Waals surface area contributed by atoms with Gasteiger partial charge in [0.25, 0.3) is 0 Å². The summed E-state index contributed by atoms with van der Waals surface area (Å²) in [5, 5.41) is 10.5. The second-order valence-electron chi connectivity index (χ2n) is 4.15. The molecule has 0 atom stereocenters. The predicted molar refractivity (Wildman–Crippen MR) is 78.2 cm³/mol. The maximum Gasteiger partial charge on any atom is 0.242 e. The first-order valence-electron chi connectivity index (χ1n) is 6.01. The largest absolute Gasteiger partial charge is 0.453 e. The Morgan fingerprint density at radius 3 is 2.20 bits per heavy atom. The standard InChI is InChI=1S/C15H10N2O2S/c16-10-20-9-15(18)17-11-5-1-3-7-13(11)19-14-8-4-2-6-12(14)17/h1-8H,9H2. The summed E-state index contributed by atoms with van der Waals surface area (Å²) >= 11 is 0.933. The molecule has 5 heteroatoms. The van der Waals surface area contributed by atoms with Crippen molar-refractivity contribution in [2.45, 2.75) is 0 Å². The molecule has 2 aromatic carbocycles. The van der Waals surface area contributed by atoms with Crippen LogP contribution in [0.5, 0.6) is 11.5 Å². The van der Waals surface area contributed by atoms with Gasteiger partial charge in [-0.05, 0) is 36.0 Å². The van der Waals surface area contributed by atoms with E-state index in [1.807, 2.05) is 53.9 Å². The average Bonchev–Trinajstić information content (AvgIpc) is 2.50. The Kier molecular flexibility index (Phi) is 3.32. The maximum atomic E-state index is 12.4. The van der Waals surface area contributed by atoms with Crippen LogP contribution >= 0.6 is 11.8 Å². The summed E-state index contributed by atoms with van der Waals surface area (Å²) in [6.45, 7) is 0. The van der Waals surface area contributed by atoms with Gasteiger partial charge in [0.1, 0.15) is 5.40 Å². The van der Waals surface area contributed by atoms with E-state index < -0.39 is 0 Å². The van der Waals surface area contributed by atoms with Crippen LogP contribution in [0, 0.1) is 10.7 Å². The third-order valence-corrected chi connectivity index (χ3v) is 3.46. The Hall–Kier alpha value is -2.45. The smallest absolute Gasteiger partial charge is 0.242 e. The van der Waals surface area contributed by atoms with Crippen molar-refractivity contribution >= 4 is 29.0 Å². The summed E-state index contributed by atoms with van der Waals surface area (Å²) < 4.78 is 5.80. The van der Waals surface area contributed by atoms with Crippen molar-refractivity contribution in [2.75, 3.05) is 10.7 Å². The van der Waals surface area contributed by atoms with Gasteiger partial charge in [-0.25, -0.2) is 0 Å². The molecule has 0 spiro atoms. The van der Waals surface area contributed by atoms with Gasteiger partial charge in [-0.2, -0.15) is 5.26 Å². The van der Waals surface area contributed by atoms with Crippen LogP contribution in [0.1, 0.15) is 0 Å². The minimum atomic E-state index is -0.139. The number of ether oxygens (including phenoxy) is 1. The molecule has 0 aliphatic carbocycles. The number of fused-ring (bicyclic) bond motifs is 2. The van der Waals surface area contributed by atoms with Crippen molar-refractivity contribution in [2.24, 2.45) is 0 Å². The first-order valence-corrected chi connectivity index (χ1v) is 6.99. The minimum absolute atomic E-state index is 0.110. The molecular formula is C15H10N2O2S. The number of hydrogen-bond acceptors (Lipinski definition) is 4. The van der Waals surface area contributed by atoms with Gasteiger partial charge in [-0.3, -0.25) is 9.69 Å². The molecule has 20 heavy (non-hydrogen) atoms. The number of nitriles is 1. The molecule has 0 unspecified atom stereocenters. The van der Waals surface area contributed by atoms with E-state index in [9.17, 15) is 4.79 Å². The number of rotatable bonds is 2. The fourth-order valence-electron chi connectivity index (χ4n) is 2.13. The lowest BCUT2D eigenvalue weighted by Crippen LogP contribution is -2.30. The van der Waals surface area contributed by atoms with Gasteiger partial charge in [-0.15, -0.1) is 0 Å². The second kappa shape index (κ2) is 5.27. The molecule has 0 fully saturated rings. The van der Waals surface area contributed by atoms with Crippen LogP contribution in [0.15, 0.2) is 48.5 Å². The van der Waals surface area contributed by atoms with E-state index in [4.69, 9.17) is 10.00 Å². The summed E-state index contributed by atoms with van der Waals surface area (Å²) in [5.41, 5.74) is 1.41. The molecular weight excluding hydrogens is 272 g/mol. The number of nitrogens with zero attached hydrogens (tertiary/aromatic N) is 2. The van der Waals surface area contributed by atoms with E-state index in [1.165, 1.54) is 0 Å². The topological polar surface area (TPSA) is 53.3 Å². The van der Waals surface area contributed by atoms with Crippen molar-refractivity contribution in [1.29, 1.82) is 5.26 Å². The molecule has 3 rings (SSSR count). The Morgan fingerprint density at radius 1 is 1.10 bits per heavy atom. The summed E-state index contributed by atoms with van der Waals surface area (Å²) in [4.78, 5) is 14.0. The van der Waals surface area contributed by atoms with E-state index in [1.54, 1.807) is 4.90 Å². The normalized spacial score (nSPS) is 11.8. The van der Waals surface area contributed by atoms with Gasteiger partial charge in [0.05, 0.1) is 17.1 Å². The van der Waals surface area contributed by atoms with Crippen molar-refractivity contribution < 1.29 is 9.53 Å². The Bertz CT molecular complexity index is 664. The summed E-state index contributed by atoms with van der Waals surface area (Å²) in [6.07, 6.45) is 0. The van der Waals surface area contributed by atoms with Crippen molar-refractivity contribution in [3.8, 4) is 16.9 Å². The lowest BCUT2D eigenvalue weighted by atomic mass is 10.1. The van der Waals surface area contributed by atoms with Crippen LogP contribution in [-0.4, -0.2) is 11.7 Å². The van der Waals surface area contributed by atoms with Gasteiger partial charge in [0.15, 0.2) is 11.5 Å². The Morgan fingerprint density at radius 2 is 1.65 bits per heavy atom. The molecule has 0 bridgehead atoms. The number of carbonyl (C=O) groups excluding carboxylic acids is 1. The fourth-order valence-corrected chi connectivity index (χ4v) is 2.45. The zero-order chi connectivity index (χ0) is 13.9. The van der Waals surface area contributed by atoms with Crippen molar-refractivity contribution in [1.82, 2.24) is 0 Å². The molecule has 0 saturated heterocycles. The minimum Gasteiger partial charge on any atom is -0.453 e. The van der Waals surface area contributed by atoms with Gasteiger partial charge in [0, 0.05) is 0 Å². The van der Waals surface area contributed by atoms with Crippen LogP contribution in [0.2, 0.25) is 0 Å². The number of para-hydroxylation sites is 4. The predicted octanol–water partition coefficient (Wildman–Crippen LogP) is 3.67. The first-order chi connectivity index (χ1) is 9.81. The Labute approximate surface area is 120 Å². The highest BCUT2D eigenvalue weighted by Crippen LogP contribution is 2.46. The van der Waals surface area contributed by atoms with E-state index in [2.05, 4.69) is 0 Å². The zero-order valence-electron chi connectivity index (χ0n) is 10.4. The zero-order valence-corrected chi connectivity index (χ0v) is 11.3. The molecule has 98 valence electrons. The fraction of sp³-hybridized carbons (Fsp3) is 0.0667. The highest BCUT2D eigenvalue weighted by molar-refractivity contribution is 8.04. The molecule has 1 aliphatic heterocycles. The molecule has 0 N–H and O–H groups in total. The average molecular weight is 282 g/mol. The van der Waals surface area contributed by atoms with Crippen LogP contribution in [0.4, 0.5) is 11.4 Å². The molecule has 0 saturated carbocycles. The molecule has 1 aliphatic rings. The summed E-state index contributed by atoms with van der Waals surface area (Å²) in [7, 11) is 0. The monoisotopic (exact) mass is 282 g/mol. The first kappa shape index (κ1) is 12.6. The number of amides is 1. The Balaban J connectivity index is 2.08. The van der Waals surface area contributed by atoms with Gasteiger partial charge >= 0.3 is 0 Å². The van der Waals surface area contributed by atoms with E-state index >= 15 is 0 Å². The molecule has 0 radical (unpaired) electrons. The number of benzene rings is 2.